The standard InChI is InChI=1S/C7H8O.C6H11NO/c1-6-4-2-3-5-7(6)8;8-7-6-4-2-1-3-5-6/h2-5,8H,1H3;8H,1-5H2. The molecule has 1 aromatic carbocycles. The molecule has 0 spiro atoms. The molecule has 0 radical (unpaired) electrons. The van der Waals surface area contributed by atoms with Crippen molar-refractivity contribution in [3.05, 3.63) is 29.8 Å². The highest BCUT2D eigenvalue weighted by atomic mass is 16.4. The van der Waals surface area contributed by atoms with E-state index < -0.39 is 0 Å². The van der Waals surface area contributed by atoms with Crippen LogP contribution in [0.4, 0.5) is 0 Å². The van der Waals surface area contributed by atoms with Gasteiger partial charge in [-0.15, -0.1) is 0 Å². The van der Waals surface area contributed by atoms with Gasteiger partial charge in [-0.2, -0.15) is 0 Å². The van der Waals surface area contributed by atoms with Crippen LogP contribution in [0.5, 0.6) is 5.75 Å². The molecule has 1 aliphatic carbocycles. The number of benzene rings is 1. The Kier molecular flexibility index (Phi) is 5.40. The molecule has 0 amide bonds. The fourth-order valence-corrected chi connectivity index (χ4v) is 1.62. The normalized spacial score (nSPS) is 14.9. The minimum absolute atomic E-state index is 0.368. The number of aryl methyl sites for hydroxylation is 1. The summed E-state index contributed by atoms with van der Waals surface area (Å²) in [6.45, 7) is 1.87. The summed E-state index contributed by atoms with van der Waals surface area (Å²) in [6, 6.07) is 7.25. The number of rotatable bonds is 0. The summed E-state index contributed by atoms with van der Waals surface area (Å²) in [4.78, 5) is 0. The van der Waals surface area contributed by atoms with Crippen LogP contribution >= 0.6 is 0 Å². The largest absolute Gasteiger partial charge is 0.508 e. The fraction of sp³-hybridized carbons (Fsp3) is 0.462. The topological polar surface area (TPSA) is 52.8 Å². The van der Waals surface area contributed by atoms with Crippen LogP contribution in [-0.2, 0) is 0 Å². The lowest BCUT2D eigenvalue weighted by atomic mass is 9.99. The molecule has 0 heterocycles. The molecular formula is C13H19NO2. The van der Waals surface area contributed by atoms with Crippen LogP contribution < -0.4 is 0 Å². The number of phenols is 1. The van der Waals surface area contributed by atoms with E-state index >= 15 is 0 Å². The van der Waals surface area contributed by atoms with E-state index in [0.29, 0.717) is 5.75 Å². The smallest absolute Gasteiger partial charge is 0.118 e. The predicted octanol–water partition coefficient (Wildman–Crippen LogP) is 3.48. The van der Waals surface area contributed by atoms with E-state index in [1.807, 2.05) is 25.1 Å². The van der Waals surface area contributed by atoms with Gasteiger partial charge in [0.25, 0.3) is 0 Å². The van der Waals surface area contributed by atoms with Gasteiger partial charge in [-0.05, 0) is 44.2 Å². The van der Waals surface area contributed by atoms with E-state index in [1.165, 1.54) is 19.3 Å². The van der Waals surface area contributed by atoms with E-state index in [0.717, 1.165) is 24.1 Å². The highest BCUT2D eigenvalue weighted by Gasteiger charge is 2.05. The summed E-state index contributed by atoms with van der Waals surface area (Å²) in [6.07, 6.45) is 5.74. The number of hydrogen-bond donors (Lipinski definition) is 2. The third-order valence-electron chi connectivity index (χ3n) is 2.69. The molecule has 3 heteroatoms. The third kappa shape index (κ3) is 4.34. The lowest BCUT2D eigenvalue weighted by Crippen LogP contribution is -2.03. The van der Waals surface area contributed by atoms with Crippen LogP contribution in [0.3, 0.4) is 0 Å². The molecule has 88 valence electrons. The van der Waals surface area contributed by atoms with Crippen LogP contribution in [0.1, 0.15) is 37.7 Å². The molecule has 1 saturated carbocycles. The molecule has 0 aromatic heterocycles. The predicted molar refractivity (Wildman–Crippen MR) is 65.2 cm³/mol. The van der Waals surface area contributed by atoms with Crippen molar-refractivity contribution in [1.29, 1.82) is 0 Å². The van der Waals surface area contributed by atoms with E-state index in [2.05, 4.69) is 5.16 Å². The van der Waals surface area contributed by atoms with Crippen LogP contribution in [0.2, 0.25) is 0 Å². The molecule has 2 rings (SSSR count). The van der Waals surface area contributed by atoms with E-state index in [-0.39, 0.29) is 0 Å². The molecule has 0 atom stereocenters. The third-order valence-corrected chi connectivity index (χ3v) is 2.69. The average Bonchev–Trinajstić information content (AvgIpc) is 2.35. The van der Waals surface area contributed by atoms with Crippen molar-refractivity contribution in [1.82, 2.24) is 0 Å². The lowest BCUT2D eigenvalue weighted by molar-refractivity contribution is 0.314. The van der Waals surface area contributed by atoms with Crippen molar-refractivity contribution in [2.24, 2.45) is 5.16 Å². The maximum atomic E-state index is 8.92. The first kappa shape index (κ1) is 12.6. The molecule has 16 heavy (non-hydrogen) atoms. The van der Waals surface area contributed by atoms with Gasteiger partial charge in [0.1, 0.15) is 5.75 Å². The zero-order valence-corrected chi connectivity index (χ0v) is 9.69. The first-order valence-electron chi connectivity index (χ1n) is 5.68. The second kappa shape index (κ2) is 6.88. The van der Waals surface area contributed by atoms with Gasteiger partial charge in [-0.25, -0.2) is 0 Å². The molecule has 0 aliphatic heterocycles. The van der Waals surface area contributed by atoms with Gasteiger partial charge in [-0.3, -0.25) is 0 Å². The molecule has 1 fully saturated rings. The van der Waals surface area contributed by atoms with Gasteiger partial charge in [0.05, 0.1) is 5.71 Å². The Balaban J connectivity index is 0.000000160. The summed E-state index contributed by atoms with van der Waals surface area (Å²) in [5.74, 6) is 0.368. The molecule has 0 unspecified atom stereocenters. The lowest BCUT2D eigenvalue weighted by Gasteiger charge is -2.08. The van der Waals surface area contributed by atoms with Crippen molar-refractivity contribution < 1.29 is 10.3 Å². The minimum Gasteiger partial charge on any atom is -0.508 e. The Morgan fingerprint density at radius 3 is 2.06 bits per heavy atom. The SMILES string of the molecule is Cc1ccccc1O.ON=C1CCCCC1. The molecule has 1 aliphatic rings. The monoisotopic (exact) mass is 221 g/mol. The zero-order chi connectivity index (χ0) is 11.8. The van der Waals surface area contributed by atoms with Gasteiger partial charge in [0, 0.05) is 0 Å². The van der Waals surface area contributed by atoms with Crippen molar-refractivity contribution >= 4 is 5.71 Å². The maximum Gasteiger partial charge on any atom is 0.118 e. The average molecular weight is 221 g/mol. The van der Waals surface area contributed by atoms with Crippen molar-refractivity contribution in [3.8, 4) is 5.75 Å². The zero-order valence-electron chi connectivity index (χ0n) is 9.69. The first-order chi connectivity index (χ1) is 7.74. The van der Waals surface area contributed by atoms with Crippen molar-refractivity contribution in [3.63, 3.8) is 0 Å². The van der Waals surface area contributed by atoms with Crippen LogP contribution in [0.25, 0.3) is 0 Å². The number of nitrogens with zero attached hydrogens (tertiary/aromatic N) is 1. The molecule has 0 saturated heterocycles. The highest BCUT2D eigenvalue weighted by Crippen LogP contribution is 2.14. The number of para-hydroxylation sites is 1. The Morgan fingerprint density at radius 1 is 1.06 bits per heavy atom. The molecular weight excluding hydrogens is 202 g/mol. The first-order valence-corrected chi connectivity index (χ1v) is 5.68. The fourth-order valence-electron chi connectivity index (χ4n) is 1.62. The summed E-state index contributed by atoms with van der Waals surface area (Å²) in [5, 5.41) is 20.4. The van der Waals surface area contributed by atoms with E-state index in [9.17, 15) is 0 Å². The maximum absolute atomic E-state index is 8.92. The number of oxime groups is 1. The van der Waals surface area contributed by atoms with Crippen LogP contribution in [-0.4, -0.2) is 16.0 Å². The van der Waals surface area contributed by atoms with Crippen molar-refractivity contribution in [2.75, 3.05) is 0 Å². The molecule has 2 N–H and O–H groups in total. The quantitative estimate of drug-likeness (QED) is 0.520. The van der Waals surface area contributed by atoms with Crippen molar-refractivity contribution in [2.45, 2.75) is 39.0 Å². The molecule has 1 aromatic rings. The highest BCUT2D eigenvalue weighted by molar-refractivity contribution is 5.84. The number of aromatic hydroxyl groups is 1. The summed E-state index contributed by atoms with van der Waals surface area (Å²) < 4.78 is 0. The van der Waals surface area contributed by atoms with Gasteiger partial charge < -0.3 is 10.3 Å². The molecule has 0 bridgehead atoms. The number of phenolic OH excluding ortho intramolecular Hbond substituents is 1. The second-order valence-electron chi connectivity index (χ2n) is 4.01. The van der Waals surface area contributed by atoms with Gasteiger partial charge >= 0.3 is 0 Å². The Labute approximate surface area is 96.4 Å². The number of hydrogen-bond acceptors (Lipinski definition) is 3. The van der Waals surface area contributed by atoms with E-state index in [1.54, 1.807) is 6.07 Å². The Morgan fingerprint density at radius 2 is 1.69 bits per heavy atom. The van der Waals surface area contributed by atoms with Gasteiger partial charge in [0.15, 0.2) is 0 Å². The minimum atomic E-state index is 0.368. The van der Waals surface area contributed by atoms with Crippen LogP contribution in [0.15, 0.2) is 29.4 Å². The van der Waals surface area contributed by atoms with E-state index in [4.69, 9.17) is 10.3 Å². The molecule has 3 nitrogen and oxygen atoms in total. The summed E-state index contributed by atoms with van der Waals surface area (Å²) >= 11 is 0. The van der Waals surface area contributed by atoms with Gasteiger partial charge in [-0.1, -0.05) is 29.8 Å². The Hall–Kier alpha value is -1.51. The van der Waals surface area contributed by atoms with Crippen LogP contribution in [0, 0.1) is 6.92 Å². The summed E-state index contributed by atoms with van der Waals surface area (Å²) in [7, 11) is 0. The second-order valence-corrected chi connectivity index (χ2v) is 4.01. The Bertz CT molecular complexity index is 319. The van der Waals surface area contributed by atoms with Gasteiger partial charge in [0.2, 0.25) is 0 Å². The summed E-state index contributed by atoms with van der Waals surface area (Å²) in [5.41, 5.74) is 1.91.